The first-order valence-electron chi connectivity index (χ1n) is 13.0. The molecule has 8 heteroatoms. The number of carbonyl (C=O) groups excluding carboxylic acids is 3. The third-order valence-corrected chi connectivity index (χ3v) is 10.3. The van der Waals surface area contributed by atoms with Crippen LogP contribution in [0.25, 0.3) is 0 Å². The van der Waals surface area contributed by atoms with Gasteiger partial charge in [-0.1, -0.05) is 64.4 Å². The minimum absolute atomic E-state index is 0.00874. The van der Waals surface area contributed by atoms with Gasteiger partial charge in [-0.05, 0) is 30.2 Å². The van der Waals surface area contributed by atoms with Gasteiger partial charge < -0.3 is 20.6 Å². The van der Waals surface area contributed by atoms with Crippen molar-refractivity contribution in [2.24, 2.45) is 23.7 Å². The number of carbonyl (C=O) groups is 3. The zero-order chi connectivity index (χ0) is 25.3. The molecule has 35 heavy (non-hydrogen) atoms. The molecule has 0 aliphatic carbocycles. The zero-order valence-corrected chi connectivity index (χ0v) is 22.0. The van der Waals surface area contributed by atoms with Crippen molar-refractivity contribution >= 4 is 29.5 Å². The molecule has 7 atom stereocenters. The summed E-state index contributed by atoms with van der Waals surface area (Å²) in [4.78, 5) is 42.9. The van der Waals surface area contributed by atoms with Gasteiger partial charge in [0, 0.05) is 18.3 Å². The fraction of sp³-hybridized carbons (Fsp3) is 0.667. The largest absolute Gasteiger partial charge is 0.394 e. The molecule has 3 unspecified atom stereocenters. The van der Waals surface area contributed by atoms with E-state index in [0.717, 1.165) is 24.8 Å². The Kier molecular flexibility index (Phi) is 7.81. The van der Waals surface area contributed by atoms with Gasteiger partial charge in [0.15, 0.2) is 0 Å². The van der Waals surface area contributed by atoms with Crippen LogP contribution in [0, 0.1) is 23.7 Å². The van der Waals surface area contributed by atoms with Crippen LogP contribution in [0.4, 0.5) is 0 Å². The van der Waals surface area contributed by atoms with E-state index >= 15 is 0 Å². The van der Waals surface area contributed by atoms with Gasteiger partial charge >= 0.3 is 0 Å². The molecule has 0 aromatic heterocycles. The van der Waals surface area contributed by atoms with Crippen LogP contribution < -0.4 is 10.6 Å². The number of aliphatic hydroxyl groups excluding tert-OH is 1. The third kappa shape index (κ3) is 4.37. The molecule has 1 spiro atoms. The maximum atomic E-state index is 14.1. The quantitative estimate of drug-likeness (QED) is 0.428. The smallest absolute Gasteiger partial charge is 0.244 e. The van der Waals surface area contributed by atoms with Gasteiger partial charge in [0.1, 0.15) is 6.04 Å². The number of likely N-dealkylation sites (tertiary alicyclic amines) is 1. The molecule has 3 N–H and O–H groups in total. The minimum Gasteiger partial charge on any atom is -0.394 e. The van der Waals surface area contributed by atoms with E-state index in [1.807, 2.05) is 44.2 Å². The molecule has 3 amide bonds. The predicted octanol–water partition coefficient (Wildman–Crippen LogP) is 2.57. The van der Waals surface area contributed by atoms with Crippen LogP contribution in [0.2, 0.25) is 0 Å². The molecule has 0 saturated carbocycles. The van der Waals surface area contributed by atoms with E-state index in [4.69, 9.17) is 0 Å². The van der Waals surface area contributed by atoms with Crippen LogP contribution in [-0.2, 0) is 20.9 Å². The maximum Gasteiger partial charge on any atom is 0.244 e. The van der Waals surface area contributed by atoms with E-state index in [1.165, 1.54) is 0 Å². The van der Waals surface area contributed by atoms with E-state index in [-0.39, 0.29) is 41.4 Å². The van der Waals surface area contributed by atoms with Crippen molar-refractivity contribution in [3.63, 3.8) is 0 Å². The van der Waals surface area contributed by atoms with Crippen molar-refractivity contribution in [3.8, 4) is 0 Å². The third-order valence-electron chi connectivity index (χ3n) is 8.19. The lowest BCUT2D eigenvalue weighted by molar-refractivity contribution is -0.143. The summed E-state index contributed by atoms with van der Waals surface area (Å²) in [6.07, 6.45) is 2.63. The Morgan fingerprint density at radius 3 is 2.54 bits per heavy atom. The maximum absolute atomic E-state index is 14.1. The number of rotatable bonds is 10. The van der Waals surface area contributed by atoms with E-state index in [0.29, 0.717) is 13.1 Å². The lowest BCUT2D eigenvalue weighted by Gasteiger charge is -2.40. The number of fused-ring (bicyclic) bond motifs is 1. The molecule has 4 rings (SSSR count). The highest BCUT2D eigenvalue weighted by atomic mass is 32.2. The second-order valence-electron chi connectivity index (χ2n) is 10.6. The van der Waals surface area contributed by atoms with Crippen LogP contribution >= 0.6 is 11.8 Å². The van der Waals surface area contributed by atoms with Gasteiger partial charge in [-0.25, -0.2) is 0 Å². The van der Waals surface area contributed by atoms with E-state index in [1.54, 1.807) is 16.7 Å². The molecule has 3 aliphatic rings. The van der Waals surface area contributed by atoms with Crippen LogP contribution in [0.3, 0.4) is 0 Å². The average Bonchev–Trinajstić information content (AvgIpc) is 3.43. The molecule has 0 radical (unpaired) electrons. The van der Waals surface area contributed by atoms with Crippen molar-refractivity contribution < 1.29 is 19.5 Å². The summed E-state index contributed by atoms with van der Waals surface area (Å²) in [5.74, 6) is -1.37. The van der Waals surface area contributed by atoms with Gasteiger partial charge in [0.25, 0.3) is 0 Å². The second kappa shape index (κ2) is 10.5. The van der Waals surface area contributed by atoms with Crippen LogP contribution in [-0.4, -0.2) is 63.0 Å². The van der Waals surface area contributed by atoms with Crippen molar-refractivity contribution in [2.75, 3.05) is 13.2 Å². The Labute approximate surface area is 212 Å². The summed E-state index contributed by atoms with van der Waals surface area (Å²) in [6.45, 7) is 8.87. The van der Waals surface area contributed by atoms with Gasteiger partial charge in [0.05, 0.1) is 29.2 Å². The first-order valence-corrected chi connectivity index (χ1v) is 13.9. The minimum atomic E-state index is -0.687. The van der Waals surface area contributed by atoms with E-state index < -0.39 is 28.7 Å². The van der Waals surface area contributed by atoms with Crippen molar-refractivity contribution in [2.45, 2.75) is 75.6 Å². The molecular weight excluding hydrogens is 462 g/mol. The zero-order valence-electron chi connectivity index (χ0n) is 21.2. The lowest BCUT2D eigenvalue weighted by atomic mass is 9.66. The lowest BCUT2D eigenvalue weighted by Crippen LogP contribution is -2.59. The fourth-order valence-electron chi connectivity index (χ4n) is 6.42. The Balaban J connectivity index is 1.67. The first kappa shape index (κ1) is 26.0. The van der Waals surface area contributed by atoms with Gasteiger partial charge in [-0.3, -0.25) is 14.4 Å². The number of benzene rings is 1. The molecule has 192 valence electrons. The Morgan fingerprint density at radius 2 is 1.91 bits per heavy atom. The number of nitrogens with one attached hydrogen (secondary N) is 2. The average molecular weight is 502 g/mol. The van der Waals surface area contributed by atoms with Crippen LogP contribution in [0.15, 0.2) is 30.3 Å². The highest BCUT2D eigenvalue weighted by molar-refractivity contribution is 8.02. The van der Waals surface area contributed by atoms with Crippen LogP contribution in [0.5, 0.6) is 0 Å². The van der Waals surface area contributed by atoms with Crippen molar-refractivity contribution in [3.05, 3.63) is 35.9 Å². The molecule has 1 aromatic rings. The highest BCUT2D eigenvalue weighted by Crippen LogP contribution is 2.68. The number of amides is 3. The Hall–Kier alpha value is -2.06. The molecule has 1 aromatic carbocycles. The number of thioether (sulfide) groups is 1. The number of aliphatic hydroxyl groups is 1. The molecule has 3 heterocycles. The SMILES string of the molecule is CCCCNC(=O)C1N([C@@H](CO)C(C)C)C(=O)[C@@H]2[C@H](C(=O)NCc3ccccc3)[C@@H]3CC(C)C12S3. The second-order valence-corrected chi connectivity index (χ2v) is 12.2. The van der Waals surface area contributed by atoms with Crippen molar-refractivity contribution in [1.82, 2.24) is 15.5 Å². The van der Waals surface area contributed by atoms with Gasteiger partial charge in [0.2, 0.25) is 17.7 Å². The summed E-state index contributed by atoms with van der Waals surface area (Å²) in [5, 5.41) is 16.4. The predicted molar refractivity (Wildman–Crippen MR) is 137 cm³/mol. The number of nitrogens with zero attached hydrogens (tertiary/aromatic N) is 1. The standard InChI is InChI=1S/C27H39N3O4S/c1-5-6-12-28-25(33)23-27-17(4)13-20(35-27)21(24(32)29-14-18-10-8-7-9-11-18)22(27)26(34)30(23)19(15-31)16(2)3/h7-11,16-17,19-23,31H,5-6,12-15H2,1-4H3,(H,28,33)(H,29,32)/t17?,19-,20-,21+,22-,23?,27?/m0/s1. The Morgan fingerprint density at radius 1 is 1.20 bits per heavy atom. The highest BCUT2D eigenvalue weighted by Gasteiger charge is 2.76. The van der Waals surface area contributed by atoms with Gasteiger partial charge in [-0.2, -0.15) is 0 Å². The van der Waals surface area contributed by atoms with Gasteiger partial charge in [-0.15, -0.1) is 11.8 Å². The first-order chi connectivity index (χ1) is 16.8. The summed E-state index contributed by atoms with van der Waals surface area (Å²) >= 11 is 1.67. The summed E-state index contributed by atoms with van der Waals surface area (Å²) in [7, 11) is 0. The number of hydrogen-bond donors (Lipinski definition) is 3. The number of hydrogen-bond acceptors (Lipinski definition) is 5. The number of unbranched alkanes of at least 4 members (excludes halogenated alkanes) is 1. The van der Waals surface area contributed by atoms with E-state index in [9.17, 15) is 19.5 Å². The summed E-state index contributed by atoms with van der Waals surface area (Å²) < 4.78 is -0.658. The molecular formula is C27H39N3O4S. The molecule has 7 nitrogen and oxygen atoms in total. The monoisotopic (exact) mass is 501 g/mol. The van der Waals surface area contributed by atoms with E-state index in [2.05, 4.69) is 24.5 Å². The summed E-state index contributed by atoms with van der Waals surface area (Å²) in [6, 6.07) is 8.59. The molecule has 3 aliphatic heterocycles. The summed E-state index contributed by atoms with van der Waals surface area (Å²) in [5.41, 5.74) is 1.01. The molecule has 2 bridgehead atoms. The van der Waals surface area contributed by atoms with Crippen LogP contribution in [0.1, 0.15) is 52.5 Å². The Bertz CT molecular complexity index is 942. The molecule has 3 fully saturated rings. The van der Waals surface area contributed by atoms with Crippen molar-refractivity contribution in [1.29, 1.82) is 0 Å². The topological polar surface area (TPSA) is 98.7 Å². The molecule has 3 saturated heterocycles. The normalized spacial score (nSPS) is 32.1. The fourth-order valence-corrected chi connectivity index (χ4v) is 8.83.